The molecule has 0 heterocycles. The van der Waals surface area contributed by atoms with Crippen LogP contribution >= 0.6 is 0 Å². The molecule has 4 nitrogen and oxygen atoms in total. The lowest BCUT2D eigenvalue weighted by Gasteiger charge is -2.27. The maximum atomic E-state index is 12.9. The van der Waals surface area contributed by atoms with E-state index in [4.69, 9.17) is 5.73 Å². The fraction of sp³-hybridized carbons (Fsp3) is 0.588. The molecule has 0 aliphatic rings. The average molecular weight is 291 g/mol. The molecule has 0 radical (unpaired) electrons. The standard InChI is InChI=1S/C17H29N3O/c1-14(2)13-20(12-11-19(3)4)17(21)16-8-6-5-7-15(16)9-10-18/h5-8,14H,9-13,18H2,1-4H3. The van der Waals surface area contributed by atoms with Gasteiger partial charge in [0.1, 0.15) is 0 Å². The number of likely N-dealkylation sites (N-methyl/N-ethyl adjacent to an activating group) is 1. The first kappa shape index (κ1) is 17.7. The molecular weight excluding hydrogens is 262 g/mol. The number of hydrogen-bond donors (Lipinski definition) is 1. The van der Waals surface area contributed by atoms with E-state index in [0.29, 0.717) is 12.5 Å². The molecule has 0 saturated heterocycles. The zero-order valence-corrected chi connectivity index (χ0v) is 13.8. The van der Waals surface area contributed by atoms with Gasteiger partial charge >= 0.3 is 0 Å². The van der Waals surface area contributed by atoms with E-state index >= 15 is 0 Å². The summed E-state index contributed by atoms with van der Waals surface area (Å²) >= 11 is 0. The monoisotopic (exact) mass is 291 g/mol. The molecule has 0 bridgehead atoms. The summed E-state index contributed by atoms with van der Waals surface area (Å²) in [5.41, 5.74) is 7.49. The molecular formula is C17H29N3O. The highest BCUT2D eigenvalue weighted by Gasteiger charge is 2.19. The summed E-state index contributed by atoms with van der Waals surface area (Å²) in [6, 6.07) is 7.80. The molecule has 0 unspecified atom stereocenters. The lowest BCUT2D eigenvalue weighted by Crippen LogP contribution is -2.39. The minimum Gasteiger partial charge on any atom is -0.337 e. The van der Waals surface area contributed by atoms with Crippen molar-refractivity contribution in [1.29, 1.82) is 0 Å². The van der Waals surface area contributed by atoms with Gasteiger partial charge in [0, 0.05) is 25.2 Å². The molecule has 1 aromatic carbocycles. The van der Waals surface area contributed by atoms with E-state index in [0.717, 1.165) is 37.2 Å². The van der Waals surface area contributed by atoms with Crippen LogP contribution in [0.1, 0.15) is 29.8 Å². The maximum Gasteiger partial charge on any atom is 0.254 e. The van der Waals surface area contributed by atoms with E-state index < -0.39 is 0 Å². The molecule has 4 heteroatoms. The predicted octanol–water partition coefficient (Wildman–Crippen LogP) is 1.85. The Morgan fingerprint density at radius 2 is 1.86 bits per heavy atom. The molecule has 0 spiro atoms. The van der Waals surface area contributed by atoms with Crippen LogP contribution in [0.15, 0.2) is 24.3 Å². The summed E-state index contributed by atoms with van der Waals surface area (Å²) in [5.74, 6) is 0.576. The number of nitrogens with zero attached hydrogens (tertiary/aromatic N) is 2. The molecule has 0 fully saturated rings. The van der Waals surface area contributed by atoms with Crippen molar-refractivity contribution in [3.8, 4) is 0 Å². The van der Waals surface area contributed by atoms with Crippen molar-refractivity contribution in [3.05, 3.63) is 35.4 Å². The smallest absolute Gasteiger partial charge is 0.254 e. The highest BCUT2D eigenvalue weighted by atomic mass is 16.2. The summed E-state index contributed by atoms with van der Waals surface area (Å²) in [5, 5.41) is 0. The molecule has 0 aliphatic heterocycles. The summed E-state index contributed by atoms with van der Waals surface area (Å²) in [7, 11) is 4.06. The van der Waals surface area contributed by atoms with E-state index in [1.165, 1.54) is 0 Å². The van der Waals surface area contributed by atoms with Crippen LogP contribution in [0.25, 0.3) is 0 Å². The zero-order chi connectivity index (χ0) is 15.8. The van der Waals surface area contributed by atoms with Gasteiger partial charge < -0.3 is 15.5 Å². The maximum absolute atomic E-state index is 12.9. The van der Waals surface area contributed by atoms with Crippen LogP contribution in [0.5, 0.6) is 0 Å². The highest BCUT2D eigenvalue weighted by molar-refractivity contribution is 5.95. The van der Waals surface area contributed by atoms with Gasteiger partial charge in [0.2, 0.25) is 0 Å². The molecule has 1 aromatic rings. The molecule has 0 saturated carbocycles. The predicted molar refractivity (Wildman–Crippen MR) is 88.5 cm³/mol. The summed E-state index contributed by atoms with van der Waals surface area (Å²) in [4.78, 5) is 16.9. The first-order valence-corrected chi connectivity index (χ1v) is 7.67. The van der Waals surface area contributed by atoms with E-state index in [1.54, 1.807) is 0 Å². The summed E-state index contributed by atoms with van der Waals surface area (Å²) < 4.78 is 0. The van der Waals surface area contributed by atoms with Crippen molar-refractivity contribution in [2.45, 2.75) is 20.3 Å². The molecule has 21 heavy (non-hydrogen) atoms. The third kappa shape index (κ3) is 5.86. The molecule has 0 atom stereocenters. The Kier molecular flexibility index (Phi) is 7.40. The minimum absolute atomic E-state index is 0.120. The van der Waals surface area contributed by atoms with Crippen LogP contribution < -0.4 is 5.73 Å². The Hall–Kier alpha value is -1.39. The SMILES string of the molecule is CC(C)CN(CCN(C)C)C(=O)c1ccccc1CCN. The second-order valence-corrected chi connectivity index (χ2v) is 6.14. The van der Waals surface area contributed by atoms with Crippen molar-refractivity contribution in [2.75, 3.05) is 40.3 Å². The van der Waals surface area contributed by atoms with E-state index in [2.05, 4.69) is 18.7 Å². The largest absolute Gasteiger partial charge is 0.337 e. The topological polar surface area (TPSA) is 49.6 Å². The van der Waals surface area contributed by atoms with Crippen LogP contribution in [0, 0.1) is 5.92 Å². The van der Waals surface area contributed by atoms with Gasteiger partial charge in [0.15, 0.2) is 0 Å². The quantitative estimate of drug-likeness (QED) is 0.795. The van der Waals surface area contributed by atoms with Gasteiger partial charge in [-0.25, -0.2) is 0 Å². The van der Waals surface area contributed by atoms with Gasteiger partial charge in [-0.05, 0) is 44.6 Å². The van der Waals surface area contributed by atoms with Gasteiger partial charge in [0.25, 0.3) is 5.91 Å². The molecule has 1 rings (SSSR count). The number of nitrogens with two attached hydrogens (primary N) is 1. The molecule has 0 aliphatic carbocycles. The molecule has 1 amide bonds. The Morgan fingerprint density at radius 3 is 2.43 bits per heavy atom. The number of benzene rings is 1. The van der Waals surface area contributed by atoms with Crippen molar-refractivity contribution >= 4 is 5.91 Å². The van der Waals surface area contributed by atoms with Gasteiger partial charge in [-0.15, -0.1) is 0 Å². The first-order chi connectivity index (χ1) is 9.95. The highest BCUT2D eigenvalue weighted by Crippen LogP contribution is 2.13. The fourth-order valence-electron chi connectivity index (χ4n) is 2.31. The molecule has 2 N–H and O–H groups in total. The van der Waals surface area contributed by atoms with Crippen LogP contribution in [0.3, 0.4) is 0 Å². The van der Waals surface area contributed by atoms with Crippen molar-refractivity contribution in [1.82, 2.24) is 9.80 Å². The Labute approximate surface area is 128 Å². The van der Waals surface area contributed by atoms with Crippen LogP contribution in [-0.4, -0.2) is 56.0 Å². The van der Waals surface area contributed by atoms with Gasteiger partial charge in [-0.1, -0.05) is 32.0 Å². The third-order valence-electron chi connectivity index (χ3n) is 3.35. The van der Waals surface area contributed by atoms with Gasteiger partial charge in [-0.3, -0.25) is 4.79 Å². The van der Waals surface area contributed by atoms with Gasteiger partial charge in [0.05, 0.1) is 0 Å². The fourth-order valence-corrected chi connectivity index (χ4v) is 2.31. The minimum atomic E-state index is 0.120. The van der Waals surface area contributed by atoms with Crippen LogP contribution in [0.2, 0.25) is 0 Å². The first-order valence-electron chi connectivity index (χ1n) is 7.67. The average Bonchev–Trinajstić information content (AvgIpc) is 2.43. The number of amides is 1. The normalized spacial score (nSPS) is 11.2. The van der Waals surface area contributed by atoms with E-state index in [-0.39, 0.29) is 5.91 Å². The number of carbonyl (C=O) groups excluding carboxylic acids is 1. The zero-order valence-electron chi connectivity index (χ0n) is 13.8. The lowest BCUT2D eigenvalue weighted by atomic mass is 10.0. The van der Waals surface area contributed by atoms with Crippen molar-refractivity contribution < 1.29 is 4.79 Å². The van der Waals surface area contributed by atoms with Gasteiger partial charge in [-0.2, -0.15) is 0 Å². The number of carbonyl (C=O) groups is 1. The van der Waals surface area contributed by atoms with Crippen molar-refractivity contribution in [3.63, 3.8) is 0 Å². The Morgan fingerprint density at radius 1 is 1.19 bits per heavy atom. The van der Waals surface area contributed by atoms with E-state index in [9.17, 15) is 4.79 Å². The van der Waals surface area contributed by atoms with Crippen LogP contribution in [-0.2, 0) is 6.42 Å². The lowest BCUT2D eigenvalue weighted by molar-refractivity contribution is 0.0723. The number of hydrogen-bond acceptors (Lipinski definition) is 3. The second kappa shape index (κ2) is 8.80. The third-order valence-corrected chi connectivity index (χ3v) is 3.35. The summed E-state index contributed by atoms with van der Waals surface area (Å²) in [6.07, 6.45) is 0.741. The Balaban J connectivity index is 2.93. The van der Waals surface area contributed by atoms with E-state index in [1.807, 2.05) is 43.3 Å². The summed E-state index contributed by atoms with van der Waals surface area (Å²) in [6.45, 7) is 7.25. The van der Waals surface area contributed by atoms with Crippen LogP contribution in [0.4, 0.5) is 0 Å². The molecule has 0 aromatic heterocycles. The molecule has 118 valence electrons. The number of rotatable bonds is 8. The van der Waals surface area contributed by atoms with Crippen molar-refractivity contribution in [2.24, 2.45) is 11.7 Å². The second-order valence-electron chi connectivity index (χ2n) is 6.14. The Bertz CT molecular complexity index is 443.